The quantitative estimate of drug-likeness (QED) is 0.831. The van der Waals surface area contributed by atoms with Gasteiger partial charge in [0.1, 0.15) is 5.75 Å². The van der Waals surface area contributed by atoms with Crippen LogP contribution in [0.15, 0.2) is 18.2 Å². The van der Waals surface area contributed by atoms with E-state index in [1.807, 2.05) is 32.0 Å². The molecule has 0 unspecified atom stereocenters. The van der Waals surface area contributed by atoms with Gasteiger partial charge in [0.15, 0.2) is 0 Å². The van der Waals surface area contributed by atoms with E-state index in [-0.39, 0.29) is 5.54 Å². The van der Waals surface area contributed by atoms with Gasteiger partial charge in [0.25, 0.3) is 0 Å². The van der Waals surface area contributed by atoms with Crippen LogP contribution in [0.25, 0.3) is 0 Å². The Balaban J connectivity index is 3.04. The highest BCUT2D eigenvalue weighted by Gasteiger charge is 2.16. The fourth-order valence-corrected chi connectivity index (χ4v) is 1.80. The number of rotatable bonds is 5. The van der Waals surface area contributed by atoms with Crippen LogP contribution in [0, 0.1) is 0 Å². The molecule has 1 aromatic rings. The molecule has 90 valence electrons. The number of hydrogen-bond donors (Lipinski definition) is 1. The topological polar surface area (TPSA) is 44.5 Å². The van der Waals surface area contributed by atoms with Crippen LogP contribution >= 0.6 is 0 Å². The van der Waals surface area contributed by atoms with E-state index in [0.717, 1.165) is 23.3 Å². The zero-order chi connectivity index (χ0) is 12.2. The highest BCUT2D eigenvalue weighted by Crippen LogP contribution is 2.27. The molecule has 0 saturated heterocycles. The maximum atomic E-state index is 6.03. The lowest BCUT2D eigenvalue weighted by atomic mass is 9.94. The Morgan fingerprint density at radius 1 is 1.19 bits per heavy atom. The van der Waals surface area contributed by atoms with Crippen molar-refractivity contribution in [3.63, 3.8) is 0 Å². The number of methoxy groups -OCH3 is 2. The van der Waals surface area contributed by atoms with E-state index in [1.165, 1.54) is 0 Å². The predicted molar refractivity (Wildman–Crippen MR) is 65.7 cm³/mol. The van der Waals surface area contributed by atoms with Gasteiger partial charge in [-0.15, -0.1) is 0 Å². The van der Waals surface area contributed by atoms with Gasteiger partial charge in [-0.25, -0.2) is 0 Å². The summed E-state index contributed by atoms with van der Waals surface area (Å²) in [6.07, 6.45) is 0.785. The van der Waals surface area contributed by atoms with E-state index >= 15 is 0 Å². The first-order valence-corrected chi connectivity index (χ1v) is 5.40. The van der Waals surface area contributed by atoms with Crippen molar-refractivity contribution in [1.29, 1.82) is 0 Å². The summed E-state index contributed by atoms with van der Waals surface area (Å²) in [6, 6.07) is 6.07. The van der Waals surface area contributed by atoms with Crippen molar-refractivity contribution in [3.05, 3.63) is 29.3 Å². The highest BCUT2D eigenvalue weighted by molar-refractivity contribution is 5.42. The summed E-state index contributed by atoms with van der Waals surface area (Å²) in [5.74, 6) is 0.892. The van der Waals surface area contributed by atoms with Gasteiger partial charge in [0.05, 0.1) is 13.7 Å². The summed E-state index contributed by atoms with van der Waals surface area (Å²) in [5.41, 5.74) is 7.98. The van der Waals surface area contributed by atoms with Gasteiger partial charge in [0, 0.05) is 18.2 Å². The third kappa shape index (κ3) is 3.51. The largest absolute Gasteiger partial charge is 0.496 e. The minimum atomic E-state index is -0.237. The molecule has 0 heterocycles. The Kier molecular flexibility index (Phi) is 4.33. The van der Waals surface area contributed by atoms with Crippen molar-refractivity contribution in [2.45, 2.75) is 32.4 Å². The van der Waals surface area contributed by atoms with E-state index in [0.29, 0.717) is 6.61 Å². The second-order valence-corrected chi connectivity index (χ2v) is 4.71. The SMILES string of the molecule is COCc1cccc(CC(C)(C)N)c1OC. The molecule has 0 saturated carbocycles. The number of benzene rings is 1. The van der Waals surface area contributed by atoms with E-state index in [2.05, 4.69) is 0 Å². The molecule has 0 atom stereocenters. The van der Waals surface area contributed by atoms with E-state index in [4.69, 9.17) is 15.2 Å². The van der Waals surface area contributed by atoms with E-state index in [9.17, 15) is 0 Å². The fraction of sp³-hybridized carbons (Fsp3) is 0.538. The zero-order valence-corrected chi connectivity index (χ0v) is 10.5. The first-order valence-electron chi connectivity index (χ1n) is 5.40. The minimum absolute atomic E-state index is 0.237. The molecule has 1 aromatic carbocycles. The van der Waals surface area contributed by atoms with Gasteiger partial charge >= 0.3 is 0 Å². The van der Waals surface area contributed by atoms with Gasteiger partial charge in [-0.3, -0.25) is 0 Å². The monoisotopic (exact) mass is 223 g/mol. The summed E-state index contributed by atoms with van der Waals surface area (Å²) in [5, 5.41) is 0. The summed E-state index contributed by atoms with van der Waals surface area (Å²) in [7, 11) is 3.36. The molecular formula is C13H21NO2. The zero-order valence-electron chi connectivity index (χ0n) is 10.5. The summed E-state index contributed by atoms with van der Waals surface area (Å²) in [6.45, 7) is 4.58. The third-order valence-electron chi connectivity index (χ3n) is 2.33. The van der Waals surface area contributed by atoms with Crippen molar-refractivity contribution < 1.29 is 9.47 Å². The van der Waals surface area contributed by atoms with Crippen molar-refractivity contribution in [3.8, 4) is 5.75 Å². The van der Waals surface area contributed by atoms with Crippen LogP contribution < -0.4 is 10.5 Å². The maximum absolute atomic E-state index is 6.03. The Morgan fingerprint density at radius 3 is 2.31 bits per heavy atom. The van der Waals surface area contributed by atoms with Gasteiger partial charge < -0.3 is 15.2 Å². The summed E-state index contributed by atoms with van der Waals surface area (Å²) in [4.78, 5) is 0. The maximum Gasteiger partial charge on any atom is 0.127 e. The number of nitrogens with two attached hydrogens (primary N) is 1. The molecule has 0 bridgehead atoms. The molecule has 0 fully saturated rings. The molecule has 3 heteroatoms. The first kappa shape index (κ1) is 13.0. The highest BCUT2D eigenvalue weighted by atomic mass is 16.5. The Morgan fingerprint density at radius 2 is 1.81 bits per heavy atom. The van der Waals surface area contributed by atoms with Gasteiger partial charge in [-0.2, -0.15) is 0 Å². The van der Waals surface area contributed by atoms with Crippen molar-refractivity contribution in [2.24, 2.45) is 5.73 Å². The Labute approximate surface area is 97.6 Å². The molecule has 16 heavy (non-hydrogen) atoms. The lowest BCUT2D eigenvalue weighted by Gasteiger charge is -2.21. The van der Waals surface area contributed by atoms with Crippen molar-refractivity contribution >= 4 is 0 Å². The minimum Gasteiger partial charge on any atom is -0.496 e. The normalized spacial score (nSPS) is 11.6. The van der Waals surface area contributed by atoms with Crippen LogP contribution in [-0.4, -0.2) is 19.8 Å². The third-order valence-corrected chi connectivity index (χ3v) is 2.33. The van der Waals surface area contributed by atoms with Crippen LogP contribution in [0.3, 0.4) is 0 Å². The van der Waals surface area contributed by atoms with Crippen molar-refractivity contribution in [1.82, 2.24) is 0 Å². The Bertz CT molecular complexity index is 342. The van der Waals surface area contributed by atoms with E-state index in [1.54, 1.807) is 14.2 Å². The molecule has 1 rings (SSSR count). The molecule has 0 aliphatic rings. The molecule has 0 radical (unpaired) electrons. The number of ether oxygens (including phenoxy) is 2. The molecule has 0 aliphatic heterocycles. The Hall–Kier alpha value is -1.06. The molecule has 0 aromatic heterocycles. The van der Waals surface area contributed by atoms with Crippen LogP contribution in [0.4, 0.5) is 0 Å². The molecule has 0 aliphatic carbocycles. The average Bonchev–Trinajstić information content (AvgIpc) is 2.16. The predicted octanol–water partition coefficient (Wildman–Crippen LogP) is 2.12. The summed E-state index contributed by atoms with van der Waals surface area (Å²) >= 11 is 0. The fourth-order valence-electron chi connectivity index (χ4n) is 1.80. The molecule has 3 nitrogen and oxygen atoms in total. The lowest BCUT2D eigenvalue weighted by Crippen LogP contribution is -2.34. The van der Waals surface area contributed by atoms with Crippen LogP contribution in [0.5, 0.6) is 5.75 Å². The smallest absolute Gasteiger partial charge is 0.127 e. The number of hydrogen-bond acceptors (Lipinski definition) is 3. The van der Waals surface area contributed by atoms with Gasteiger partial charge in [0.2, 0.25) is 0 Å². The first-order chi connectivity index (χ1) is 7.48. The van der Waals surface area contributed by atoms with E-state index < -0.39 is 0 Å². The lowest BCUT2D eigenvalue weighted by molar-refractivity contribution is 0.181. The van der Waals surface area contributed by atoms with Crippen LogP contribution in [-0.2, 0) is 17.8 Å². The molecular weight excluding hydrogens is 202 g/mol. The van der Waals surface area contributed by atoms with Crippen LogP contribution in [0.2, 0.25) is 0 Å². The van der Waals surface area contributed by atoms with Gasteiger partial charge in [-0.1, -0.05) is 18.2 Å². The molecule has 0 amide bonds. The average molecular weight is 223 g/mol. The van der Waals surface area contributed by atoms with Gasteiger partial charge in [-0.05, 0) is 25.8 Å². The van der Waals surface area contributed by atoms with Crippen molar-refractivity contribution in [2.75, 3.05) is 14.2 Å². The van der Waals surface area contributed by atoms with Crippen LogP contribution in [0.1, 0.15) is 25.0 Å². The summed E-state index contributed by atoms with van der Waals surface area (Å²) < 4.78 is 10.6. The second kappa shape index (κ2) is 5.32. The standard InChI is InChI=1S/C13H21NO2/c1-13(2,14)8-10-6-5-7-11(9-15-3)12(10)16-4/h5-7H,8-9,14H2,1-4H3. The molecule has 2 N–H and O–H groups in total. The number of para-hydroxylation sites is 1. The molecule has 0 spiro atoms. The second-order valence-electron chi connectivity index (χ2n) is 4.71.